The number of hydrogen-bond acceptors (Lipinski definition) is 4. The number of nitrogens with zero attached hydrogens (tertiary/aromatic N) is 2. The van der Waals surface area contributed by atoms with E-state index >= 15 is 0 Å². The number of H-pyrrole nitrogens is 1. The smallest absolute Gasteiger partial charge is 0.183 e. The van der Waals surface area contributed by atoms with Crippen LogP contribution in [-0.4, -0.2) is 28.3 Å². The number of fused-ring (bicyclic) bond motifs is 2. The third-order valence-corrected chi connectivity index (χ3v) is 5.13. The summed E-state index contributed by atoms with van der Waals surface area (Å²) in [6.07, 6.45) is 6.41. The summed E-state index contributed by atoms with van der Waals surface area (Å²) < 4.78 is 5.49. The summed E-state index contributed by atoms with van der Waals surface area (Å²) in [5, 5.41) is 13.5. The fraction of sp³-hybridized carbons (Fsp3) is 0.474. The minimum absolute atomic E-state index is 0.522. The van der Waals surface area contributed by atoms with Gasteiger partial charge in [0.25, 0.3) is 0 Å². The van der Waals surface area contributed by atoms with Gasteiger partial charge < -0.3 is 10.1 Å². The second-order valence-electron chi connectivity index (χ2n) is 6.85. The van der Waals surface area contributed by atoms with E-state index < -0.39 is 0 Å². The molecule has 1 saturated carbocycles. The van der Waals surface area contributed by atoms with E-state index in [1.165, 1.54) is 32.1 Å². The number of aromatic nitrogens is 3. The maximum Gasteiger partial charge on any atom is 0.183 e. The van der Waals surface area contributed by atoms with E-state index in [1.54, 1.807) is 7.11 Å². The Hall–Kier alpha value is -2.30. The molecule has 4 rings (SSSR count). The second-order valence-corrected chi connectivity index (χ2v) is 6.85. The first-order valence-electron chi connectivity index (χ1n) is 8.77. The molecule has 0 unspecified atom stereocenters. The van der Waals surface area contributed by atoms with Crippen molar-refractivity contribution in [2.24, 2.45) is 0 Å². The van der Waals surface area contributed by atoms with Crippen molar-refractivity contribution < 1.29 is 4.74 Å². The Morgan fingerprint density at radius 3 is 2.71 bits per heavy atom. The molecule has 5 heteroatoms. The monoisotopic (exact) mass is 324 g/mol. The number of aromatic amines is 1. The highest BCUT2D eigenvalue weighted by atomic mass is 16.5. The van der Waals surface area contributed by atoms with Crippen LogP contribution in [-0.2, 0) is 0 Å². The maximum absolute atomic E-state index is 5.49. The minimum atomic E-state index is 0.522. The molecule has 0 radical (unpaired) electrons. The van der Waals surface area contributed by atoms with Crippen LogP contribution in [0.15, 0.2) is 12.1 Å². The van der Waals surface area contributed by atoms with Gasteiger partial charge in [0.15, 0.2) is 5.65 Å². The molecule has 2 heterocycles. The summed E-state index contributed by atoms with van der Waals surface area (Å²) in [4.78, 5) is 4.79. The molecule has 2 N–H and O–H groups in total. The minimum Gasteiger partial charge on any atom is -0.497 e. The van der Waals surface area contributed by atoms with E-state index in [-0.39, 0.29) is 0 Å². The number of aryl methyl sites for hydroxylation is 2. The standard InChI is InChI=1S/C19H24N4O/c1-11-9-14(24-3)10-15-17(11)21-19-16(12(2)22-23-19)18(15)20-13-7-5-4-6-8-13/h9-10,13H,4-8H2,1-3H3,(H2,20,21,22,23). The predicted molar refractivity (Wildman–Crippen MR) is 97.9 cm³/mol. The molecule has 0 amide bonds. The van der Waals surface area contributed by atoms with E-state index in [4.69, 9.17) is 9.72 Å². The lowest BCUT2D eigenvalue weighted by Gasteiger charge is -2.25. The molecular formula is C19H24N4O. The van der Waals surface area contributed by atoms with Crippen molar-refractivity contribution in [2.45, 2.75) is 52.0 Å². The van der Waals surface area contributed by atoms with E-state index in [2.05, 4.69) is 35.4 Å². The van der Waals surface area contributed by atoms with E-state index in [0.29, 0.717) is 6.04 Å². The molecule has 3 aromatic rings. The molecule has 126 valence electrons. The van der Waals surface area contributed by atoms with Crippen LogP contribution in [0.1, 0.15) is 43.4 Å². The molecular weight excluding hydrogens is 300 g/mol. The molecule has 0 aliphatic heterocycles. The Morgan fingerprint density at radius 2 is 1.96 bits per heavy atom. The maximum atomic E-state index is 5.49. The van der Waals surface area contributed by atoms with Crippen molar-refractivity contribution in [3.8, 4) is 5.75 Å². The quantitative estimate of drug-likeness (QED) is 0.745. The van der Waals surface area contributed by atoms with E-state index in [0.717, 1.165) is 44.6 Å². The van der Waals surface area contributed by atoms with E-state index in [9.17, 15) is 0 Å². The molecule has 0 spiro atoms. The fourth-order valence-electron chi connectivity index (χ4n) is 3.84. The molecule has 1 fully saturated rings. The van der Waals surface area contributed by atoms with Crippen molar-refractivity contribution in [3.63, 3.8) is 0 Å². The zero-order chi connectivity index (χ0) is 16.7. The number of pyridine rings is 1. The third kappa shape index (κ3) is 2.48. The highest BCUT2D eigenvalue weighted by Crippen LogP contribution is 2.37. The molecule has 24 heavy (non-hydrogen) atoms. The van der Waals surface area contributed by atoms with Crippen molar-refractivity contribution in [1.29, 1.82) is 0 Å². The van der Waals surface area contributed by atoms with Gasteiger partial charge in [-0.1, -0.05) is 19.3 Å². The summed E-state index contributed by atoms with van der Waals surface area (Å²) >= 11 is 0. The number of nitrogens with one attached hydrogen (secondary N) is 2. The Labute approximate surface area is 141 Å². The molecule has 0 saturated heterocycles. The molecule has 1 aromatic carbocycles. The van der Waals surface area contributed by atoms with Gasteiger partial charge in [-0.15, -0.1) is 0 Å². The molecule has 0 bridgehead atoms. The molecule has 2 aromatic heterocycles. The number of rotatable bonds is 3. The van der Waals surface area contributed by atoms with E-state index in [1.807, 2.05) is 6.07 Å². The lowest BCUT2D eigenvalue weighted by molar-refractivity contribution is 0.415. The molecule has 0 atom stereocenters. The number of hydrogen-bond donors (Lipinski definition) is 2. The van der Waals surface area contributed by atoms with Crippen LogP contribution in [0, 0.1) is 13.8 Å². The Balaban J connectivity index is 1.96. The largest absolute Gasteiger partial charge is 0.497 e. The van der Waals surface area contributed by atoms with Gasteiger partial charge in [0.1, 0.15) is 5.75 Å². The number of benzene rings is 1. The lowest BCUT2D eigenvalue weighted by atomic mass is 9.94. The topological polar surface area (TPSA) is 62.8 Å². The summed E-state index contributed by atoms with van der Waals surface area (Å²) in [5.74, 6) is 0.869. The van der Waals surface area contributed by atoms with Crippen LogP contribution >= 0.6 is 0 Å². The molecule has 5 nitrogen and oxygen atoms in total. The summed E-state index contributed by atoms with van der Waals surface area (Å²) in [6, 6.07) is 4.64. The Morgan fingerprint density at radius 1 is 1.17 bits per heavy atom. The lowest BCUT2D eigenvalue weighted by Crippen LogP contribution is -2.22. The van der Waals surface area contributed by atoms with Crippen LogP contribution in [0.3, 0.4) is 0 Å². The van der Waals surface area contributed by atoms with Crippen molar-refractivity contribution in [3.05, 3.63) is 23.4 Å². The van der Waals surface area contributed by atoms with Crippen LogP contribution in [0.25, 0.3) is 21.9 Å². The van der Waals surface area contributed by atoms with Crippen molar-refractivity contribution >= 4 is 27.6 Å². The Bertz CT molecular complexity index is 893. The summed E-state index contributed by atoms with van der Waals surface area (Å²) in [7, 11) is 1.71. The van der Waals surface area contributed by atoms with Crippen LogP contribution < -0.4 is 10.1 Å². The zero-order valence-electron chi connectivity index (χ0n) is 14.6. The highest BCUT2D eigenvalue weighted by Gasteiger charge is 2.20. The highest BCUT2D eigenvalue weighted by molar-refractivity contribution is 6.08. The third-order valence-electron chi connectivity index (χ3n) is 5.13. The predicted octanol–water partition coefficient (Wildman–Crippen LogP) is 4.48. The van der Waals surface area contributed by atoms with Gasteiger partial charge in [-0.25, -0.2) is 4.98 Å². The number of ether oxygens (including phenoxy) is 1. The van der Waals surface area contributed by atoms with Gasteiger partial charge in [-0.3, -0.25) is 5.10 Å². The Kier molecular flexibility index (Phi) is 3.79. The number of methoxy groups -OCH3 is 1. The van der Waals surface area contributed by atoms with Gasteiger partial charge in [-0.05, 0) is 44.4 Å². The normalized spacial score (nSPS) is 16.0. The first-order valence-corrected chi connectivity index (χ1v) is 8.77. The van der Waals surface area contributed by atoms with Crippen molar-refractivity contribution in [2.75, 3.05) is 12.4 Å². The first kappa shape index (κ1) is 15.2. The van der Waals surface area contributed by atoms with Crippen LogP contribution in [0.5, 0.6) is 5.75 Å². The zero-order valence-corrected chi connectivity index (χ0v) is 14.6. The van der Waals surface area contributed by atoms with Crippen molar-refractivity contribution in [1.82, 2.24) is 15.2 Å². The van der Waals surface area contributed by atoms with Gasteiger partial charge in [0.05, 0.1) is 23.7 Å². The fourth-order valence-corrected chi connectivity index (χ4v) is 3.84. The van der Waals surface area contributed by atoms with Gasteiger partial charge in [-0.2, -0.15) is 5.10 Å². The average molecular weight is 324 g/mol. The first-order chi connectivity index (χ1) is 11.7. The summed E-state index contributed by atoms with van der Waals surface area (Å²) in [5.41, 5.74) is 5.09. The molecule has 1 aliphatic rings. The SMILES string of the molecule is COc1cc(C)c2nc3n[nH]c(C)c3c(NC3CCCCC3)c2c1. The van der Waals surface area contributed by atoms with Crippen LogP contribution in [0.4, 0.5) is 5.69 Å². The number of anilines is 1. The van der Waals surface area contributed by atoms with Gasteiger partial charge in [0, 0.05) is 17.1 Å². The average Bonchev–Trinajstić information content (AvgIpc) is 2.97. The second kappa shape index (κ2) is 5.96. The van der Waals surface area contributed by atoms with Gasteiger partial charge in [0.2, 0.25) is 0 Å². The summed E-state index contributed by atoms with van der Waals surface area (Å²) in [6.45, 7) is 4.13. The van der Waals surface area contributed by atoms with Gasteiger partial charge >= 0.3 is 0 Å². The molecule has 1 aliphatic carbocycles. The van der Waals surface area contributed by atoms with Crippen LogP contribution in [0.2, 0.25) is 0 Å².